The molecule has 1 unspecified atom stereocenters. The average Bonchev–Trinajstić information content (AvgIpc) is 3.00. The molecule has 1 aliphatic heterocycles. The van der Waals surface area contributed by atoms with E-state index in [0.29, 0.717) is 31.4 Å². The van der Waals surface area contributed by atoms with Crippen LogP contribution in [0.2, 0.25) is 36.3 Å². The summed E-state index contributed by atoms with van der Waals surface area (Å²) in [6.07, 6.45) is 9.60. The van der Waals surface area contributed by atoms with Crippen molar-refractivity contribution in [3.63, 3.8) is 0 Å². The molecular formula is C42H68O7Si2. The molecule has 0 aromatic heterocycles. The van der Waals surface area contributed by atoms with Crippen LogP contribution in [-0.4, -0.2) is 58.6 Å². The van der Waals surface area contributed by atoms with Crippen molar-refractivity contribution >= 4 is 28.6 Å². The minimum absolute atomic E-state index is 0.00716. The molecule has 286 valence electrons. The molecule has 9 heteroatoms. The Hall–Kier alpha value is -2.21. The van der Waals surface area contributed by atoms with Gasteiger partial charge in [0.2, 0.25) is 5.60 Å². The molecular weight excluding hydrogens is 673 g/mol. The number of rotatable bonds is 12. The molecule has 4 rings (SSSR count). The second kappa shape index (κ2) is 15.6. The summed E-state index contributed by atoms with van der Waals surface area (Å²) in [6, 6.07) is 7.79. The summed E-state index contributed by atoms with van der Waals surface area (Å²) in [5.41, 5.74) is 1.15. The zero-order valence-corrected chi connectivity index (χ0v) is 36.2. The van der Waals surface area contributed by atoms with Gasteiger partial charge in [0.15, 0.2) is 16.6 Å². The molecule has 0 radical (unpaired) electrons. The number of carbonyl (C=O) groups excluding carboxylic acids is 2. The highest BCUT2D eigenvalue weighted by Gasteiger charge is 2.48. The molecule has 1 aromatic carbocycles. The number of cyclic esters (lactones) is 1. The van der Waals surface area contributed by atoms with Crippen molar-refractivity contribution in [2.75, 3.05) is 0 Å². The Bertz CT molecular complexity index is 1430. The molecule has 8 atom stereocenters. The fourth-order valence-corrected chi connectivity index (χ4v) is 9.72. The molecule has 0 bridgehead atoms. The van der Waals surface area contributed by atoms with Crippen LogP contribution >= 0.6 is 0 Å². The predicted octanol–water partition coefficient (Wildman–Crippen LogP) is 10.5. The number of hydrogen-bond donors (Lipinski definition) is 0. The quantitative estimate of drug-likeness (QED) is 0.156. The first-order chi connectivity index (χ1) is 23.4. The SMILES string of the molecule is CCC(C)(Oc1ccc(C)cc1)C(=O)O[C@H]1C[C@H](O[Si](C)(C)C(C)(C)C)C=C2C=C[C@H](C)[C@H](CC[C@@H]3C[C@@H](O[Si](C)(C)C(C)(C)C)CC(=O)O3)[C@H]21. The number of aryl methyl sites for hydroxylation is 1. The minimum atomic E-state index is -2.12. The molecule has 0 amide bonds. The van der Waals surface area contributed by atoms with Crippen molar-refractivity contribution < 1.29 is 32.7 Å². The van der Waals surface area contributed by atoms with Crippen molar-refractivity contribution in [1.29, 1.82) is 0 Å². The fraction of sp³-hybridized carbons (Fsp3) is 0.714. The highest BCUT2D eigenvalue weighted by molar-refractivity contribution is 6.74. The van der Waals surface area contributed by atoms with Crippen LogP contribution in [0.15, 0.2) is 48.1 Å². The van der Waals surface area contributed by atoms with Gasteiger partial charge in [0.25, 0.3) is 0 Å². The van der Waals surface area contributed by atoms with Crippen molar-refractivity contribution in [1.82, 2.24) is 0 Å². The van der Waals surface area contributed by atoms with Crippen LogP contribution in [0.25, 0.3) is 0 Å². The standard InChI is InChI=1S/C42H68O7Si2/c1-15-42(10,47-31-20-16-28(2)17-21-31)39(44)46-36-26-33(48-50(11,12)40(4,5)6)24-30-19-18-29(3)35(38(30)36)23-22-32-25-34(27-37(43)45-32)49-51(13,14)41(7,8)9/h16-21,24,29,32-36,38H,15,22-23,25-27H2,1-14H3/t29-,32+,33+,34+,35-,36-,38-,42?/m0/s1. The Balaban J connectivity index is 1.59. The molecule has 1 heterocycles. The zero-order chi connectivity index (χ0) is 38.2. The van der Waals surface area contributed by atoms with Crippen LogP contribution in [0.1, 0.15) is 106 Å². The Morgan fingerprint density at radius 2 is 1.51 bits per heavy atom. The fourth-order valence-electron chi connectivity index (χ4n) is 7.08. The smallest absolute Gasteiger partial charge is 0.350 e. The van der Waals surface area contributed by atoms with Gasteiger partial charge in [0.1, 0.15) is 18.0 Å². The summed E-state index contributed by atoms with van der Waals surface area (Å²) < 4.78 is 32.6. The second-order valence-electron chi connectivity index (χ2n) is 18.8. The van der Waals surface area contributed by atoms with Crippen molar-refractivity contribution in [2.45, 2.75) is 174 Å². The first kappa shape index (κ1) is 41.5. The van der Waals surface area contributed by atoms with E-state index >= 15 is 0 Å². The van der Waals surface area contributed by atoms with Gasteiger partial charge < -0.3 is 23.1 Å². The molecule has 0 N–H and O–H groups in total. The van der Waals surface area contributed by atoms with E-state index in [-0.39, 0.29) is 64.2 Å². The lowest BCUT2D eigenvalue weighted by molar-refractivity contribution is -0.172. The molecule has 1 aromatic rings. The maximum atomic E-state index is 14.2. The number of hydrogen-bond acceptors (Lipinski definition) is 7. The molecule has 1 fully saturated rings. The summed E-state index contributed by atoms with van der Waals surface area (Å²) in [4.78, 5) is 27.1. The average molecular weight is 741 g/mol. The lowest BCUT2D eigenvalue weighted by Crippen LogP contribution is -2.50. The van der Waals surface area contributed by atoms with Gasteiger partial charge >= 0.3 is 11.9 Å². The van der Waals surface area contributed by atoms with Crippen molar-refractivity contribution in [3.8, 4) is 5.75 Å². The Morgan fingerprint density at radius 3 is 2.10 bits per heavy atom. The van der Waals surface area contributed by atoms with Crippen LogP contribution in [-0.2, 0) is 27.9 Å². The third-order valence-electron chi connectivity index (χ3n) is 12.6. The highest BCUT2D eigenvalue weighted by atomic mass is 28.4. The normalized spacial score (nSPS) is 28.6. The van der Waals surface area contributed by atoms with Crippen LogP contribution in [0.3, 0.4) is 0 Å². The number of esters is 2. The van der Waals surface area contributed by atoms with Crippen LogP contribution in [0.4, 0.5) is 0 Å². The first-order valence-electron chi connectivity index (χ1n) is 19.4. The Morgan fingerprint density at radius 1 is 0.902 bits per heavy atom. The van der Waals surface area contributed by atoms with E-state index in [1.54, 1.807) is 0 Å². The van der Waals surface area contributed by atoms with Crippen LogP contribution in [0, 0.1) is 24.7 Å². The Kier molecular flexibility index (Phi) is 12.7. The van der Waals surface area contributed by atoms with Crippen LogP contribution in [0.5, 0.6) is 5.75 Å². The first-order valence-corrected chi connectivity index (χ1v) is 25.2. The molecule has 3 aliphatic rings. The van der Waals surface area contributed by atoms with E-state index in [1.807, 2.05) is 45.0 Å². The van der Waals surface area contributed by atoms with Gasteiger partial charge in [0, 0.05) is 18.8 Å². The number of fused-ring (bicyclic) bond motifs is 1. The van der Waals surface area contributed by atoms with Gasteiger partial charge in [-0.05, 0) is 98.9 Å². The zero-order valence-electron chi connectivity index (χ0n) is 34.2. The van der Waals surface area contributed by atoms with E-state index in [4.69, 9.17) is 23.1 Å². The summed E-state index contributed by atoms with van der Waals surface area (Å²) >= 11 is 0. The number of allylic oxidation sites excluding steroid dienone is 2. The summed E-state index contributed by atoms with van der Waals surface area (Å²) in [6.45, 7) is 30.6. The largest absolute Gasteiger partial charge is 0.476 e. The third-order valence-corrected chi connectivity index (χ3v) is 21.7. The van der Waals surface area contributed by atoms with E-state index in [0.717, 1.165) is 18.4 Å². The van der Waals surface area contributed by atoms with Gasteiger partial charge in [-0.1, -0.05) is 91.3 Å². The summed E-state index contributed by atoms with van der Waals surface area (Å²) in [5, 5.41) is 0.106. The molecule has 1 saturated heterocycles. The van der Waals surface area contributed by atoms with E-state index in [9.17, 15) is 9.59 Å². The predicted molar refractivity (Wildman–Crippen MR) is 211 cm³/mol. The third kappa shape index (κ3) is 10.1. The topological polar surface area (TPSA) is 80.3 Å². The molecule has 0 saturated carbocycles. The van der Waals surface area contributed by atoms with Gasteiger partial charge in [-0.2, -0.15) is 0 Å². The van der Waals surface area contributed by atoms with Gasteiger partial charge in [-0.25, -0.2) is 4.79 Å². The van der Waals surface area contributed by atoms with Crippen molar-refractivity contribution in [2.24, 2.45) is 17.8 Å². The molecule has 2 aliphatic carbocycles. The molecule has 0 spiro atoms. The number of benzene rings is 1. The van der Waals surface area contributed by atoms with Crippen LogP contribution < -0.4 is 4.74 Å². The number of ether oxygens (including phenoxy) is 3. The maximum Gasteiger partial charge on any atom is 0.350 e. The monoisotopic (exact) mass is 740 g/mol. The molecule has 51 heavy (non-hydrogen) atoms. The maximum absolute atomic E-state index is 14.2. The van der Waals surface area contributed by atoms with E-state index in [1.165, 1.54) is 5.57 Å². The van der Waals surface area contributed by atoms with Gasteiger partial charge in [-0.3, -0.25) is 4.79 Å². The minimum Gasteiger partial charge on any atom is -0.476 e. The summed E-state index contributed by atoms with van der Waals surface area (Å²) in [7, 11) is -4.16. The lowest BCUT2D eigenvalue weighted by atomic mass is 9.66. The lowest BCUT2D eigenvalue weighted by Gasteiger charge is -2.46. The number of carbonyl (C=O) groups is 2. The van der Waals surface area contributed by atoms with E-state index in [2.05, 4.69) is 92.9 Å². The van der Waals surface area contributed by atoms with E-state index < -0.39 is 22.2 Å². The van der Waals surface area contributed by atoms with Gasteiger partial charge in [0.05, 0.1) is 18.6 Å². The Labute approximate surface area is 311 Å². The highest BCUT2D eigenvalue weighted by Crippen LogP contribution is 2.47. The van der Waals surface area contributed by atoms with Gasteiger partial charge in [-0.15, -0.1) is 0 Å². The summed E-state index contributed by atoms with van der Waals surface area (Å²) in [5.74, 6) is 0.568. The second-order valence-corrected chi connectivity index (χ2v) is 28.3. The van der Waals surface area contributed by atoms with Crippen molar-refractivity contribution in [3.05, 3.63) is 53.6 Å². The molecule has 7 nitrogen and oxygen atoms in total.